The van der Waals surface area contributed by atoms with Gasteiger partial charge in [-0.05, 0) is 62.3 Å². The molecule has 2 fully saturated rings. The van der Waals surface area contributed by atoms with Gasteiger partial charge in [0.15, 0.2) is 0 Å². The van der Waals surface area contributed by atoms with Gasteiger partial charge >= 0.3 is 6.18 Å². The Morgan fingerprint density at radius 3 is 2.55 bits per heavy atom. The van der Waals surface area contributed by atoms with Crippen molar-refractivity contribution in [1.29, 1.82) is 0 Å². The molecule has 0 bridgehead atoms. The average Bonchev–Trinajstić information content (AvgIpc) is 2.96. The molecule has 0 saturated heterocycles. The van der Waals surface area contributed by atoms with Crippen molar-refractivity contribution in [3.63, 3.8) is 0 Å². The van der Waals surface area contributed by atoms with Crippen LogP contribution >= 0.6 is 0 Å². The number of hydrogen-bond acceptors (Lipinski definition) is 2. The van der Waals surface area contributed by atoms with Crippen LogP contribution in [0.4, 0.5) is 13.2 Å². The van der Waals surface area contributed by atoms with Gasteiger partial charge in [0.25, 0.3) is 0 Å². The Bertz CT molecular complexity index is 296. The van der Waals surface area contributed by atoms with Crippen molar-refractivity contribution in [2.24, 2.45) is 17.3 Å². The quantitative estimate of drug-likeness (QED) is 0.654. The third-order valence-electron chi connectivity index (χ3n) is 4.65. The van der Waals surface area contributed by atoms with Gasteiger partial charge in [-0.3, -0.25) is 0 Å². The van der Waals surface area contributed by atoms with E-state index in [1.54, 1.807) is 0 Å². The molecule has 0 aliphatic heterocycles. The Balaban J connectivity index is 1.66. The molecule has 2 atom stereocenters. The Hall–Kier alpha value is -0.290. The van der Waals surface area contributed by atoms with Gasteiger partial charge in [0.2, 0.25) is 0 Å². The van der Waals surface area contributed by atoms with E-state index in [2.05, 4.69) is 12.2 Å². The third-order valence-corrected chi connectivity index (χ3v) is 4.65. The van der Waals surface area contributed by atoms with Crippen LogP contribution in [0.2, 0.25) is 0 Å². The molecule has 2 aliphatic carbocycles. The highest BCUT2D eigenvalue weighted by atomic mass is 19.4. The summed E-state index contributed by atoms with van der Waals surface area (Å²) in [5.74, 6) is 1.80. The lowest BCUT2D eigenvalue weighted by Gasteiger charge is -2.31. The highest BCUT2D eigenvalue weighted by molar-refractivity contribution is 5.04. The second-order valence-corrected chi connectivity index (χ2v) is 6.61. The zero-order valence-electron chi connectivity index (χ0n) is 12.3. The summed E-state index contributed by atoms with van der Waals surface area (Å²) in [6.07, 6.45) is 2.55. The summed E-state index contributed by atoms with van der Waals surface area (Å²) in [6.45, 7) is 3.31. The molecule has 2 saturated carbocycles. The highest BCUT2D eigenvalue weighted by Crippen LogP contribution is 2.61. The minimum atomic E-state index is -4.20. The molecule has 20 heavy (non-hydrogen) atoms. The maximum atomic E-state index is 12.0. The second kappa shape index (κ2) is 6.65. The molecule has 0 spiro atoms. The van der Waals surface area contributed by atoms with Crippen molar-refractivity contribution in [2.45, 2.75) is 51.6 Å². The Labute approximate surface area is 119 Å². The van der Waals surface area contributed by atoms with E-state index in [1.807, 2.05) is 0 Å². The number of rotatable bonds is 9. The van der Waals surface area contributed by atoms with Crippen LogP contribution in [-0.2, 0) is 4.74 Å². The first-order chi connectivity index (χ1) is 9.44. The summed E-state index contributed by atoms with van der Waals surface area (Å²) < 4.78 is 40.7. The van der Waals surface area contributed by atoms with E-state index in [0.29, 0.717) is 5.41 Å². The Morgan fingerprint density at radius 2 is 1.95 bits per heavy atom. The third kappa shape index (κ3) is 4.92. The standard InChI is InChI=1S/C15H26F3NO/c1-2-5-19-10-14(8-12-7-13(12)9-14)4-3-6-20-11-15(16,17)18/h12-13,19H,2-11H2,1H3. The van der Waals surface area contributed by atoms with Crippen molar-refractivity contribution in [2.75, 3.05) is 26.3 Å². The van der Waals surface area contributed by atoms with Crippen molar-refractivity contribution in [3.05, 3.63) is 0 Å². The molecule has 2 nitrogen and oxygen atoms in total. The van der Waals surface area contributed by atoms with Gasteiger partial charge in [-0.1, -0.05) is 6.92 Å². The number of halogens is 3. The van der Waals surface area contributed by atoms with Crippen LogP contribution < -0.4 is 5.32 Å². The number of fused-ring (bicyclic) bond motifs is 1. The topological polar surface area (TPSA) is 21.3 Å². The van der Waals surface area contributed by atoms with E-state index >= 15 is 0 Å². The van der Waals surface area contributed by atoms with Crippen molar-refractivity contribution in [1.82, 2.24) is 5.32 Å². The van der Waals surface area contributed by atoms with Gasteiger partial charge in [0.1, 0.15) is 6.61 Å². The van der Waals surface area contributed by atoms with E-state index in [4.69, 9.17) is 4.74 Å². The second-order valence-electron chi connectivity index (χ2n) is 6.61. The number of alkyl halides is 3. The summed E-state index contributed by atoms with van der Waals surface area (Å²) in [5, 5.41) is 3.50. The first kappa shape index (κ1) is 16.1. The zero-order valence-corrected chi connectivity index (χ0v) is 12.3. The number of ether oxygens (including phenoxy) is 1. The molecular weight excluding hydrogens is 267 g/mol. The lowest BCUT2D eigenvalue weighted by molar-refractivity contribution is -0.174. The summed E-state index contributed by atoms with van der Waals surface area (Å²) in [7, 11) is 0. The number of hydrogen-bond donors (Lipinski definition) is 1. The van der Waals surface area contributed by atoms with Gasteiger partial charge in [-0.25, -0.2) is 0 Å². The van der Waals surface area contributed by atoms with Crippen LogP contribution in [-0.4, -0.2) is 32.5 Å². The minimum absolute atomic E-state index is 0.227. The molecule has 0 aromatic heterocycles. The van der Waals surface area contributed by atoms with Crippen molar-refractivity contribution in [3.8, 4) is 0 Å². The number of nitrogens with one attached hydrogen (secondary N) is 1. The fourth-order valence-electron chi connectivity index (χ4n) is 3.71. The van der Waals surface area contributed by atoms with Crippen LogP contribution in [0.25, 0.3) is 0 Å². The summed E-state index contributed by atoms with van der Waals surface area (Å²) >= 11 is 0. The summed E-state index contributed by atoms with van der Waals surface area (Å²) in [6, 6.07) is 0. The van der Waals surface area contributed by atoms with Gasteiger partial charge in [0, 0.05) is 13.2 Å². The molecule has 2 aliphatic rings. The molecule has 5 heteroatoms. The maximum Gasteiger partial charge on any atom is 0.411 e. The maximum absolute atomic E-state index is 12.0. The molecule has 0 heterocycles. The van der Waals surface area contributed by atoms with Gasteiger partial charge in [-0.2, -0.15) is 13.2 Å². The fraction of sp³-hybridized carbons (Fsp3) is 1.00. The predicted octanol–water partition coefficient (Wildman–Crippen LogP) is 3.76. The molecule has 0 amide bonds. The van der Waals surface area contributed by atoms with E-state index in [0.717, 1.165) is 44.2 Å². The molecule has 2 unspecified atom stereocenters. The van der Waals surface area contributed by atoms with Gasteiger partial charge < -0.3 is 10.1 Å². The Morgan fingerprint density at radius 1 is 1.25 bits per heavy atom. The van der Waals surface area contributed by atoms with E-state index < -0.39 is 12.8 Å². The SMILES string of the molecule is CCCNCC1(CCCOCC(F)(F)F)CC2CC2C1. The van der Waals surface area contributed by atoms with E-state index in [1.165, 1.54) is 19.3 Å². The average molecular weight is 293 g/mol. The van der Waals surface area contributed by atoms with Crippen LogP contribution in [0.1, 0.15) is 45.4 Å². The zero-order chi connectivity index (χ0) is 14.6. The first-order valence-corrected chi connectivity index (χ1v) is 7.79. The van der Waals surface area contributed by atoms with E-state index in [9.17, 15) is 13.2 Å². The van der Waals surface area contributed by atoms with E-state index in [-0.39, 0.29) is 6.61 Å². The lowest BCUT2D eigenvalue weighted by atomic mass is 9.78. The van der Waals surface area contributed by atoms with Crippen LogP contribution in [0, 0.1) is 17.3 Å². The van der Waals surface area contributed by atoms with Gasteiger partial charge in [0.05, 0.1) is 0 Å². The fourth-order valence-corrected chi connectivity index (χ4v) is 3.71. The largest absolute Gasteiger partial charge is 0.411 e. The van der Waals surface area contributed by atoms with Crippen LogP contribution in [0.15, 0.2) is 0 Å². The molecule has 118 valence electrons. The summed E-state index contributed by atoms with van der Waals surface area (Å²) in [4.78, 5) is 0. The molecule has 2 rings (SSSR count). The summed E-state index contributed by atoms with van der Waals surface area (Å²) in [5.41, 5.74) is 0.324. The first-order valence-electron chi connectivity index (χ1n) is 7.79. The molecule has 0 aromatic rings. The van der Waals surface area contributed by atoms with Crippen molar-refractivity contribution >= 4 is 0 Å². The lowest BCUT2D eigenvalue weighted by Crippen LogP contribution is -2.34. The van der Waals surface area contributed by atoms with Gasteiger partial charge in [-0.15, -0.1) is 0 Å². The van der Waals surface area contributed by atoms with Crippen molar-refractivity contribution < 1.29 is 17.9 Å². The molecular formula is C15H26F3NO. The smallest absolute Gasteiger partial charge is 0.372 e. The monoisotopic (exact) mass is 293 g/mol. The molecule has 0 radical (unpaired) electrons. The predicted molar refractivity (Wildman–Crippen MR) is 72.5 cm³/mol. The highest BCUT2D eigenvalue weighted by Gasteiger charge is 2.52. The minimum Gasteiger partial charge on any atom is -0.372 e. The molecule has 1 N–H and O–H groups in total. The normalized spacial score (nSPS) is 32.4. The molecule has 0 aromatic carbocycles. The van der Waals surface area contributed by atoms with Crippen LogP contribution in [0.3, 0.4) is 0 Å². The van der Waals surface area contributed by atoms with Crippen LogP contribution in [0.5, 0.6) is 0 Å². The Kier molecular flexibility index (Phi) is 5.35.